The number of likely N-dealkylation sites (tertiary alicyclic amines) is 1. The van der Waals surface area contributed by atoms with Crippen molar-refractivity contribution in [2.45, 2.75) is 26.3 Å². The van der Waals surface area contributed by atoms with Crippen molar-refractivity contribution in [3.63, 3.8) is 0 Å². The Hall–Kier alpha value is -0.340. The molecular formula is C13H18BrN. The highest BCUT2D eigenvalue weighted by Gasteiger charge is 2.20. The lowest BCUT2D eigenvalue weighted by molar-refractivity contribution is 0.315. The second-order valence-corrected chi connectivity index (χ2v) is 5.34. The van der Waals surface area contributed by atoms with Crippen LogP contribution in [-0.2, 0) is 6.54 Å². The lowest BCUT2D eigenvalue weighted by atomic mass is 10.1. The number of nitrogens with zero attached hydrogens (tertiary/aromatic N) is 1. The Kier molecular flexibility index (Phi) is 3.81. The van der Waals surface area contributed by atoms with Crippen LogP contribution in [0.1, 0.15) is 25.3 Å². The molecule has 0 saturated carbocycles. The summed E-state index contributed by atoms with van der Waals surface area (Å²) in [7, 11) is 0. The molecule has 0 radical (unpaired) electrons. The molecule has 1 nitrogen and oxygen atoms in total. The van der Waals surface area contributed by atoms with Crippen molar-refractivity contribution >= 4 is 15.9 Å². The molecule has 1 unspecified atom stereocenters. The van der Waals surface area contributed by atoms with Crippen LogP contribution in [0.4, 0.5) is 0 Å². The highest BCUT2D eigenvalue weighted by molar-refractivity contribution is 9.10. The van der Waals surface area contributed by atoms with Crippen LogP contribution in [0.3, 0.4) is 0 Å². The van der Waals surface area contributed by atoms with Gasteiger partial charge in [0.1, 0.15) is 0 Å². The topological polar surface area (TPSA) is 3.24 Å². The van der Waals surface area contributed by atoms with Gasteiger partial charge in [0.15, 0.2) is 0 Å². The van der Waals surface area contributed by atoms with Crippen LogP contribution < -0.4 is 0 Å². The third kappa shape index (κ3) is 3.05. The Bertz CT molecular complexity index is 307. The van der Waals surface area contributed by atoms with Gasteiger partial charge in [0.2, 0.25) is 0 Å². The fraction of sp³-hybridized carbons (Fsp3) is 0.538. The van der Waals surface area contributed by atoms with Crippen LogP contribution in [-0.4, -0.2) is 18.0 Å². The van der Waals surface area contributed by atoms with Gasteiger partial charge in [-0.05, 0) is 36.6 Å². The zero-order valence-electron chi connectivity index (χ0n) is 9.25. The van der Waals surface area contributed by atoms with Gasteiger partial charge in [0, 0.05) is 17.6 Å². The summed E-state index contributed by atoms with van der Waals surface area (Å²) in [4.78, 5) is 2.57. The monoisotopic (exact) mass is 267 g/mol. The third-order valence-corrected chi connectivity index (χ3v) is 3.80. The maximum Gasteiger partial charge on any atom is 0.0233 e. The van der Waals surface area contributed by atoms with Gasteiger partial charge < -0.3 is 0 Å². The van der Waals surface area contributed by atoms with E-state index in [1.165, 1.54) is 36.0 Å². The van der Waals surface area contributed by atoms with E-state index in [0.29, 0.717) is 0 Å². The van der Waals surface area contributed by atoms with Crippen molar-refractivity contribution in [3.8, 4) is 0 Å². The van der Waals surface area contributed by atoms with E-state index in [1.807, 2.05) is 0 Å². The summed E-state index contributed by atoms with van der Waals surface area (Å²) in [5, 5.41) is 0. The highest BCUT2D eigenvalue weighted by atomic mass is 79.9. The summed E-state index contributed by atoms with van der Waals surface area (Å²) in [6.45, 7) is 5.97. The number of benzene rings is 1. The minimum Gasteiger partial charge on any atom is -0.299 e. The molecule has 1 aromatic carbocycles. The van der Waals surface area contributed by atoms with Gasteiger partial charge in [-0.25, -0.2) is 0 Å². The van der Waals surface area contributed by atoms with Gasteiger partial charge in [-0.1, -0.05) is 41.4 Å². The Labute approximate surface area is 101 Å². The summed E-state index contributed by atoms with van der Waals surface area (Å²) in [6.07, 6.45) is 2.71. The van der Waals surface area contributed by atoms with E-state index in [1.54, 1.807) is 0 Å². The molecular weight excluding hydrogens is 250 g/mol. The van der Waals surface area contributed by atoms with E-state index in [0.717, 1.165) is 12.5 Å². The molecule has 1 atom stereocenters. The molecule has 0 aliphatic carbocycles. The Balaban J connectivity index is 1.90. The molecule has 2 rings (SSSR count). The fourth-order valence-electron chi connectivity index (χ4n) is 2.24. The zero-order valence-corrected chi connectivity index (χ0v) is 10.8. The van der Waals surface area contributed by atoms with Crippen molar-refractivity contribution < 1.29 is 0 Å². The molecule has 2 heteroatoms. The highest BCUT2D eigenvalue weighted by Crippen LogP contribution is 2.21. The Morgan fingerprint density at radius 2 is 2.07 bits per heavy atom. The number of hydrogen-bond donors (Lipinski definition) is 0. The van der Waals surface area contributed by atoms with E-state index in [-0.39, 0.29) is 0 Å². The molecule has 1 saturated heterocycles. The van der Waals surface area contributed by atoms with E-state index < -0.39 is 0 Å². The predicted molar refractivity (Wildman–Crippen MR) is 67.8 cm³/mol. The SMILES string of the molecule is CCC1CCN(Cc2ccc(Br)cc2)C1. The summed E-state index contributed by atoms with van der Waals surface area (Å²) in [6, 6.07) is 8.68. The van der Waals surface area contributed by atoms with Crippen LogP contribution in [0.2, 0.25) is 0 Å². The first-order valence-electron chi connectivity index (χ1n) is 5.74. The molecule has 15 heavy (non-hydrogen) atoms. The van der Waals surface area contributed by atoms with Crippen LogP contribution in [0.5, 0.6) is 0 Å². The average molecular weight is 268 g/mol. The van der Waals surface area contributed by atoms with Crippen molar-refractivity contribution in [2.24, 2.45) is 5.92 Å². The van der Waals surface area contributed by atoms with Gasteiger partial charge in [0.25, 0.3) is 0 Å². The van der Waals surface area contributed by atoms with E-state index in [2.05, 4.69) is 52.0 Å². The van der Waals surface area contributed by atoms with Crippen molar-refractivity contribution in [1.82, 2.24) is 4.90 Å². The summed E-state index contributed by atoms with van der Waals surface area (Å²) < 4.78 is 1.17. The normalized spacial score (nSPS) is 22.1. The average Bonchev–Trinajstić information content (AvgIpc) is 2.69. The van der Waals surface area contributed by atoms with Gasteiger partial charge >= 0.3 is 0 Å². The predicted octanol–water partition coefficient (Wildman–Crippen LogP) is 3.68. The van der Waals surface area contributed by atoms with E-state index >= 15 is 0 Å². The first-order chi connectivity index (χ1) is 7.28. The Morgan fingerprint density at radius 1 is 1.33 bits per heavy atom. The molecule has 0 N–H and O–H groups in total. The van der Waals surface area contributed by atoms with E-state index in [4.69, 9.17) is 0 Å². The largest absolute Gasteiger partial charge is 0.299 e. The number of halogens is 1. The second-order valence-electron chi connectivity index (χ2n) is 4.42. The van der Waals surface area contributed by atoms with Crippen molar-refractivity contribution in [2.75, 3.05) is 13.1 Å². The van der Waals surface area contributed by atoms with Crippen molar-refractivity contribution in [1.29, 1.82) is 0 Å². The lowest BCUT2D eigenvalue weighted by Crippen LogP contribution is -2.19. The minimum atomic E-state index is 0.931. The number of hydrogen-bond acceptors (Lipinski definition) is 1. The van der Waals surface area contributed by atoms with Gasteiger partial charge in [-0.2, -0.15) is 0 Å². The maximum atomic E-state index is 3.47. The lowest BCUT2D eigenvalue weighted by Gasteiger charge is -2.15. The summed E-state index contributed by atoms with van der Waals surface area (Å²) >= 11 is 3.47. The van der Waals surface area contributed by atoms with Gasteiger partial charge in [0.05, 0.1) is 0 Å². The van der Waals surface area contributed by atoms with Crippen LogP contribution in [0.15, 0.2) is 28.7 Å². The summed E-state index contributed by atoms with van der Waals surface area (Å²) in [5.74, 6) is 0.931. The molecule has 1 aliphatic heterocycles. The quantitative estimate of drug-likeness (QED) is 0.808. The fourth-order valence-corrected chi connectivity index (χ4v) is 2.50. The smallest absolute Gasteiger partial charge is 0.0233 e. The molecule has 0 amide bonds. The molecule has 1 fully saturated rings. The molecule has 1 heterocycles. The Morgan fingerprint density at radius 3 is 2.67 bits per heavy atom. The molecule has 0 bridgehead atoms. The van der Waals surface area contributed by atoms with Gasteiger partial charge in [-0.15, -0.1) is 0 Å². The van der Waals surface area contributed by atoms with Crippen molar-refractivity contribution in [3.05, 3.63) is 34.3 Å². The summed E-state index contributed by atoms with van der Waals surface area (Å²) in [5.41, 5.74) is 1.43. The molecule has 82 valence electrons. The molecule has 1 aliphatic rings. The maximum absolute atomic E-state index is 3.47. The molecule has 1 aromatic rings. The zero-order chi connectivity index (χ0) is 10.7. The third-order valence-electron chi connectivity index (χ3n) is 3.27. The minimum absolute atomic E-state index is 0.931. The van der Waals surface area contributed by atoms with Gasteiger partial charge in [-0.3, -0.25) is 4.90 Å². The first kappa shape index (κ1) is 11.2. The molecule has 0 spiro atoms. The molecule has 0 aromatic heterocycles. The van der Waals surface area contributed by atoms with Crippen LogP contribution in [0, 0.1) is 5.92 Å². The standard InChI is InChI=1S/C13H18BrN/c1-2-11-7-8-15(9-11)10-12-3-5-13(14)6-4-12/h3-6,11H,2,7-10H2,1H3. The van der Waals surface area contributed by atoms with Crippen LogP contribution >= 0.6 is 15.9 Å². The second kappa shape index (κ2) is 5.13. The van der Waals surface area contributed by atoms with E-state index in [9.17, 15) is 0 Å². The van der Waals surface area contributed by atoms with Crippen LogP contribution in [0.25, 0.3) is 0 Å². The number of rotatable bonds is 3. The first-order valence-corrected chi connectivity index (χ1v) is 6.54.